The van der Waals surface area contributed by atoms with Gasteiger partial charge in [-0.2, -0.15) is 0 Å². The van der Waals surface area contributed by atoms with Gasteiger partial charge in [0.1, 0.15) is 11.5 Å². The third-order valence-corrected chi connectivity index (χ3v) is 8.08. The minimum absolute atomic E-state index is 0.0472. The van der Waals surface area contributed by atoms with Gasteiger partial charge in [-0.1, -0.05) is 60.2 Å². The minimum Gasteiger partial charge on any atom is -0.413 e. The minimum atomic E-state index is -4.08. The second-order valence-corrected chi connectivity index (χ2v) is 11.3. The summed E-state index contributed by atoms with van der Waals surface area (Å²) in [6, 6.07) is 28.2. The first-order valence-electron chi connectivity index (χ1n) is 10.8. The first-order chi connectivity index (χ1) is 17.2. The van der Waals surface area contributed by atoms with E-state index in [1.54, 1.807) is 84.9 Å². The van der Waals surface area contributed by atoms with Crippen molar-refractivity contribution in [1.82, 2.24) is 4.72 Å². The number of nitrogens with one attached hydrogen (secondary N) is 2. The number of carbonyl (C=O) groups is 1. The maximum Gasteiger partial charge on any atom is 0.462 e. The van der Waals surface area contributed by atoms with E-state index in [-0.39, 0.29) is 15.9 Å². The second-order valence-electron chi connectivity index (χ2n) is 7.73. The molecule has 0 aromatic heterocycles. The van der Waals surface area contributed by atoms with E-state index in [1.165, 1.54) is 24.3 Å². The zero-order chi connectivity index (χ0) is 25.6. The summed E-state index contributed by atoms with van der Waals surface area (Å²) in [5.41, 5.74) is 1.08. The van der Waals surface area contributed by atoms with Crippen molar-refractivity contribution in [2.75, 3.05) is 5.32 Å². The molecule has 4 aromatic rings. The van der Waals surface area contributed by atoms with Crippen molar-refractivity contribution >= 4 is 34.6 Å². The number of carbonyl (C=O) groups excluding carboxylic acids is 1. The first-order valence-corrected chi connectivity index (χ1v) is 13.9. The maximum absolute atomic E-state index is 14.0. The standard InChI is InChI=1S/C26H23N2O6PS/c1-20-15-17-25(18-16-20)36(31,32)28-26(29)27-21-9-8-14-24(19-21)35(30,33-22-10-4-2-5-11-22)34-23-12-6-3-7-13-23/h2-19H,1H3,(H2,27,28,29). The lowest BCUT2D eigenvalue weighted by molar-refractivity contribution is 0.256. The van der Waals surface area contributed by atoms with Gasteiger partial charge in [0.2, 0.25) is 0 Å². The maximum atomic E-state index is 14.0. The van der Waals surface area contributed by atoms with Crippen LogP contribution in [0.3, 0.4) is 0 Å². The normalized spacial score (nSPS) is 11.4. The van der Waals surface area contributed by atoms with E-state index < -0.39 is 23.7 Å². The number of amides is 2. The van der Waals surface area contributed by atoms with Gasteiger partial charge in [-0.3, -0.25) is 0 Å². The molecular formula is C26H23N2O6PS. The zero-order valence-electron chi connectivity index (χ0n) is 19.2. The number of benzene rings is 4. The van der Waals surface area contributed by atoms with Crippen LogP contribution in [0.1, 0.15) is 5.56 Å². The lowest BCUT2D eigenvalue weighted by atomic mass is 10.2. The van der Waals surface area contributed by atoms with Crippen LogP contribution in [-0.4, -0.2) is 14.4 Å². The summed E-state index contributed by atoms with van der Waals surface area (Å²) >= 11 is 0. The highest BCUT2D eigenvalue weighted by Gasteiger charge is 2.32. The summed E-state index contributed by atoms with van der Waals surface area (Å²) in [5, 5.41) is 2.62. The molecule has 10 heteroatoms. The van der Waals surface area contributed by atoms with Crippen molar-refractivity contribution in [2.24, 2.45) is 0 Å². The third kappa shape index (κ3) is 6.33. The largest absolute Gasteiger partial charge is 0.462 e. The third-order valence-electron chi connectivity index (χ3n) is 4.92. The predicted molar refractivity (Wildman–Crippen MR) is 138 cm³/mol. The monoisotopic (exact) mass is 522 g/mol. The molecule has 0 heterocycles. The SMILES string of the molecule is Cc1ccc(S(=O)(=O)NC(=O)Nc2cccc(P(=O)(Oc3ccccc3)Oc3ccccc3)c2)cc1. The number of sulfonamides is 1. The number of rotatable bonds is 8. The topological polar surface area (TPSA) is 111 Å². The van der Waals surface area contributed by atoms with Crippen molar-refractivity contribution in [3.8, 4) is 11.5 Å². The summed E-state index contributed by atoms with van der Waals surface area (Å²) in [7, 11) is -8.05. The lowest BCUT2D eigenvalue weighted by Gasteiger charge is -2.21. The highest BCUT2D eigenvalue weighted by Crippen LogP contribution is 2.47. The molecule has 0 radical (unpaired) electrons. The molecule has 184 valence electrons. The molecule has 0 saturated carbocycles. The van der Waals surface area contributed by atoms with E-state index in [1.807, 2.05) is 11.6 Å². The smallest absolute Gasteiger partial charge is 0.413 e. The fourth-order valence-electron chi connectivity index (χ4n) is 3.17. The van der Waals surface area contributed by atoms with Gasteiger partial charge in [-0.25, -0.2) is 22.5 Å². The number of anilines is 1. The van der Waals surface area contributed by atoms with E-state index in [0.29, 0.717) is 11.5 Å². The molecule has 0 bridgehead atoms. The molecule has 0 spiro atoms. The van der Waals surface area contributed by atoms with Crippen LogP contribution in [0.25, 0.3) is 0 Å². The van der Waals surface area contributed by atoms with E-state index in [9.17, 15) is 17.8 Å². The summed E-state index contributed by atoms with van der Waals surface area (Å²) in [6.07, 6.45) is 0. The van der Waals surface area contributed by atoms with Crippen LogP contribution in [0.5, 0.6) is 11.5 Å². The number of para-hydroxylation sites is 2. The summed E-state index contributed by atoms with van der Waals surface area (Å²) < 4.78 is 52.6. The summed E-state index contributed by atoms with van der Waals surface area (Å²) in [5.74, 6) is 0.661. The van der Waals surface area contributed by atoms with Gasteiger partial charge in [0.15, 0.2) is 0 Å². The fourth-order valence-corrected chi connectivity index (χ4v) is 5.69. The van der Waals surface area contributed by atoms with Crippen molar-refractivity contribution in [3.63, 3.8) is 0 Å². The average Bonchev–Trinajstić information content (AvgIpc) is 2.85. The van der Waals surface area contributed by atoms with Gasteiger partial charge in [0.25, 0.3) is 10.0 Å². The number of urea groups is 1. The Balaban J connectivity index is 1.57. The van der Waals surface area contributed by atoms with E-state index in [0.717, 1.165) is 5.56 Å². The molecule has 4 aromatic carbocycles. The highest BCUT2D eigenvalue weighted by molar-refractivity contribution is 7.90. The van der Waals surface area contributed by atoms with E-state index in [4.69, 9.17) is 9.05 Å². The molecular weight excluding hydrogens is 499 g/mol. The molecule has 8 nitrogen and oxygen atoms in total. The predicted octanol–water partition coefficient (Wildman–Crippen LogP) is 5.48. The molecule has 2 N–H and O–H groups in total. The van der Waals surface area contributed by atoms with Gasteiger partial charge in [0.05, 0.1) is 10.2 Å². The van der Waals surface area contributed by atoms with E-state index in [2.05, 4.69) is 5.32 Å². The van der Waals surface area contributed by atoms with Crippen LogP contribution in [0.2, 0.25) is 0 Å². The van der Waals surface area contributed by atoms with Crippen LogP contribution >= 0.6 is 7.60 Å². The number of hydrogen-bond donors (Lipinski definition) is 2. The Morgan fingerprint density at radius 3 is 1.86 bits per heavy atom. The Bertz CT molecular complexity index is 1450. The molecule has 4 rings (SSSR count). The average molecular weight is 523 g/mol. The van der Waals surface area contributed by atoms with E-state index >= 15 is 0 Å². The van der Waals surface area contributed by atoms with Gasteiger partial charge in [0, 0.05) is 5.69 Å². The van der Waals surface area contributed by atoms with Crippen molar-refractivity contribution in [1.29, 1.82) is 0 Å². The molecule has 2 amide bonds. The molecule has 0 saturated heterocycles. The number of hydrogen-bond acceptors (Lipinski definition) is 6. The Morgan fingerprint density at radius 1 is 0.750 bits per heavy atom. The van der Waals surface area contributed by atoms with Gasteiger partial charge in [-0.05, 0) is 61.5 Å². The van der Waals surface area contributed by atoms with Crippen LogP contribution in [0.15, 0.2) is 114 Å². The molecule has 0 unspecified atom stereocenters. The van der Waals surface area contributed by atoms with Crippen molar-refractivity contribution < 1.29 is 26.8 Å². The van der Waals surface area contributed by atoms with Gasteiger partial charge >= 0.3 is 13.6 Å². The first kappa shape index (κ1) is 25.0. The Morgan fingerprint density at radius 2 is 1.31 bits per heavy atom. The molecule has 0 atom stereocenters. The Hall–Kier alpha value is -4.07. The molecule has 0 aliphatic rings. The van der Waals surface area contributed by atoms with Crippen LogP contribution in [0.4, 0.5) is 10.5 Å². The fraction of sp³-hybridized carbons (Fsp3) is 0.0385. The molecule has 36 heavy (non-hydrogen) atoms. The Kier molecular flexibility index (Phi) is 7.43. The molecule has 0 aliphatic carbocycles. The Labute approximate surface area is 209 Å². The highest BCUT2D eigenvalue weighted by atomic mass is 32.2. The zero-order valence-corrected chi connectivity index (χ0v) is 20.9. The molecule has 0 fully saturated rings. The second kappa shape index (κ2) is 10.7. The number of aryl methyl sites for hydroxylation is 1. The van der Waals surface area contributed by atoms with Crippen LogP contribution in [0, 0.1) is 6.92 Å². The van der Waals surface area contributed by atoms with Crippen molar-refractivity contribution in [2.45, 2.75) is 11.8 Å². The quantitative estimate of drug-likeness (QED) is 0.297. The van der Waals surface area contributed by atoms with Gasteiger partial charge < -0.3 is 14.4 Å². The summed E-state index contributed by atoms with van der Waals surface area (Å²) in [6.45, 7) is 1.82. The van der Waals surface area contributed by atoms with Crippen molar-refractivity contribution in [3.05, 3.63) is 115 Å². The molecule has 0 aliphatic heterocycles. The lowest BCUT2D eigenvalue weighted by Crippen LogP contribution is -2.34. The van der Waals surface area contributed by atoms with Crippen LogP contribution < -0.4 is 24.4 Å². The van der Waals surface area contributed by atoms with Crippen LogP contribution in [-0.2, 0) is 14.6 Å². The van der Waals surface area contributed by atoms with Gasteiger partial charge in [-0.15, -0.1) is 0 Å². The summed E-state index contributed by atoms with van der Waals surface area (Å²) in [4.78, 5) is 12.4.